The van der Waals surface area contributed by atoms with Gasteiger partial charge in [-0.1, -0.05) is 40.0 Å². The Hall–Kier alpha value is -0.770. The molecule has 182 valence electrons. The zero-order valence-corrected chi connectivity index (χ0v) is 19.6. The highest BCUT2D eigenvalue weighted by Crippen LogP contribution is 2.28. The molecule has 2 rings (SSSR count). The number of aliphatic hydroxyl groups is 3. The molecule has 0 saturated carbocycles. The molecule has 2 saturated heterocycles. The van der Waals surface area contributed by atoms with Crippen molar-refractivity contribution < 1.29 is 29.6 Å². The van der Waals surface area contributed by atoms with Crippen molar-refractivity contribution in [3.05, 3.63) is 0 Å². The molecule has 0 spiro atoms. The fraction of sp³-hybridized carbons (Fsp3) is 0.957. The van der Waals surface area contributed by atoms with E-state index < -0.39 is 36.6 Å². The molecule has 8 nitrogen and oxygen atoms in total. The Labute approximate surface area is 187 Å². The van der Waals surface area contributed by atoms with Crippen LogP contribution in [0.2, 0.25) is 0 Å². The van der Waals surface area contributed by atoms with Crippen LogP contribution >= 0.6 is 0 Å². The Morgan fingerprint density at radius 3 is 2.52 bits per heavy atom. The molecule has 0 aromatic rings. The third kappa shape index (κ3) is 7.37. The number of ether oxygens (including phenoxy) is 2. The van der Waals surface area contributed by atoms with Crippen LogP contribution in [-0.2, 0) is 14.3 Å². The molecule has 31 heavy (non-hydrogen) atoms. The molecule has 0 aromatic heterocycles. The van der Waals surface area contributed by atoms with Crippen molar-refractivity contribution in [2.24, 2.45) is 11.8 Å². The van der Waals surface area contributed by atoms with Gasteiger partial charge in [-0.05, 0) is 44.6 Å². The Balaban J connectivity index is 1.99. The molecular formula is C23H44N2O6. The van der Waals surface area contributed by atoms with E-state index in [1.165, 1.54) is 19.3 Å². The van der Waals surface area contributed by atoms with Crippen molar-refractivity contribution >= 4 is 5.91 Å². The molecule has 2 aliphatic rings. The number of carbonyl (C=O) groups is 1. The molecule has 0 bridgehead atoms. The minimum atomic E-state index is -1.34. The van der Waals surface area contributed by atoms with E-state index in [1.54, 1.807) is 0 Å². The first-order valence-electron chi connectivity index (χ1n) is 12.1. The van der Waals surface area contributed by atoms with Gasteiger partial charge in [0.25, 0.3) is 0 Å². The van der Waals surface area contributed by atoms with Gasteiger partial charge in [-0.2, -0.15) is 0 Å². The summed E-state index contributed by atoms with van der Waals surface area (Å²) in [6.45, 7) is 9.76. The highest BCUT2D eigenvalue weighted by molar-refractivity contribution is 5.82. The van der Waals surface area contributed by atoms with E-state index in [2.05, 4.69) is 17.6 Å². The second-order valence-corrected chi connectivity index (χ2v) is 9.43. The fourth-order valence-electron chi connectivity index (χ4n) is 4.66. The van der Waals surface area contributed by atoms with Gasteiger partial charge < -0.3 is 35.4 Å². The van der Waals surface area contributed by atoms with Crippen molar-refractivity contribution in [1.82, 2.24) is 10.6 Å². The van der Waals surface area contributed by atoms with E-state index in [4.69, 9.17) is 9.47 Å². The lowest BCUT2D eigenvalue weighted by Gasteiger charge is -2.45. The van der Waals surface area contributed by atoms with E-state index in [-0.39, 0.29) is 17.9 Å². The number of amides is 1. The minimum absolute atomic E-state index is 0.0275. The van der Waals surface area contributed by atoms with E-state index in [1.807, 2.05) is 20.8 Å². The summed E-state index contributed by atoms with van der Waals surface area (Å²) in [6.07, 6.45) is 0.650. The predicted octanol–water partition coefficient (Wildman–Crippen LogP) is 0.962. The molecule has 2 aliphatic heterocycles. The molecule has 0 radical (unpaired) electrons. The van der Waals surface area contributed by atoms with Crippen LogP contribution in [0.15, 0.2) is 0 Å². The molecule has 1 amide bonds. The third-order valence-electron chi connectivity index (χ3n) is 6.64. The Bertz CT molecular complexity index is 534. The summed E-state index contributed by atoms with van der Waals surface area (Å²) in [4.78, 5) is 13.0. The summed E-state index contributed by atoms with van der Waals surface area (Å²) in [6, 6.07) is -0.738. The number of unbranched alkanes of at least 4 members (excludes halogenated alkanes) is 2. The summed E-state index contributed by atoms with van der Waals surface area (Å²) < 4.78 is 11.4. The first kappa shape index (κ1) is 26.5. The highest BCUT2D eigenvalue weighted by Gasteiger charge is 2.47. The van der Waals surface area contributed by atoms with Crippen LogP contribution < -0.4 is 10.6 Å². The maximum absolute atomic E-state index is 13.0. The summed E-state index contributed by atoms with van der Waals surface area (Å²) in [5, 5.41) is 37.8. The normalized spacial score (nSPS) is 34.8. The smallest absolute Gasteiger partial charge is 0.237 e. The van der Waals surface area contributed by atoms with Gasteiger partial charge in [0, 0.05) is 13.2 Å². The molecule has 8 unspecified atom stereocenters. The van der Waals surface area contributed by atoms with Crippen molar-refractivity contribution in [1.29, 1.82) is 0 Å². The minimum Gasteiger partial charge on any atom is -0.388 e. The monoisotopic (exact) mass is 444 g/mol. The summed E-state index contributed by atoms with van der Waals surface area (Å²) in [5.41, 5.74) is 0. The third-order valence-corrected chi connectivity index (χ3v) is 6.64. The first-order valence-corrected chi connectivity index (χ1v) is 12.1. The van der Waals surface area contributed by atoms with Crippen LogP contribution in [0.1, 0.15) is 66.2 Å². The molecule has 8 heteroatoms. The quantitative estimate of drug-likeness (QED) is 0.284. The molecule has 0 aliphatic carbocycles. The van der Waals surface area contributed by atoms with E-state index in [0.717, 1.165) is 19.4 Å². The Kier molecular flexibility index (Phi) is 11.2. The van der Waals surface area contributed by atoms with E-state index in [0.29, 0.717) is 25.6 Å². The van der Waals surface area contributed by atoms with Gasteiger partial charge >= 0.3 is 0 Å². The van der Waals surface area contributed by atoms with Gasteiger partial charge in [0.05, 0.1) is 18.2 Å². The summed E-state index contributed by atoms with van der Waals surface area (Å²) in [7, 11) is 0. The predicted molar refractivity (Wildman–Crippen MR) is 119 cm³/mol. The number of aliphatic hydroxyl groups excluding tert-OH is 3. The zero-order valence-electron chi connectivity index (χ0n) is 19.6. The molecule has 0 aromatic carbocycles. The van der Waals surface area contributed by atoms with Crippen LogP contribution in [-0.4, -0.2) is 83.6 Å². The van der Waals surface area contributed by atoms with Gasteiger partial charge in [0.15, 0.2) is 0 Å². The average Bonchev–Trinajstić information content (AvgIpc) is 3.21. The zero-order chi connectivity index (χ0) is 23.0. The molecule has 5 N–H and O–H groups in total. The van der Waals surface area contributed by atoms with Crippen molar-refractivity contribution in [2.75, 3.05) is 19.8 Å². The van der Waals surface area contributed by atoms with Gasteiger partial charge in [-0.25, -0.2) is 0 Å². The lowest BCUT2D eigenvalue weighted by molar-refractivity contribution is -0.234. The van der Waals surface area contributed by atoms with Gasteiger partial charge in [-0.3, -0.25) is 4.79 Å². The maximum atomic E-state index is 13.0. The van der Waals surface area contributed by atoms with Crippen molar-refractivity contribution in [2.45, 2.75) is 109 Å². The van der Waals surface area contributed by atoms with Crippen LogP contribution in [0.5, 0.6) is 0 Å². The van der Waals surface area contributed by atoms with Gasteiger partial charge in [0.1, 0.15) is 24.4 Å². The fourth-order valence-corrected chi connectivity index (χ4v) is 4.66. The van der Waals surface area contributed by atoms with Gasteiger partial charge in [0.2, 0.25) is 5.91 Å². The van der Waals surface area contributed by atoms with E-state index in [9.17, 15) is 20.1 Å². The Morgan fingerprint density at radius 1 is 1.13 bits per heavy atom. The summed E-state index contributed by atoms with van der Waals surface area (Å²) >= 11 is 0. The van der Waals surface area contributed by atoms with Crippen molar-refractivity contribution in [3.8, 4) is 0 Å². The second-order valence-electron chi connectivity index (χ2n) is 9.43. The summed E-state index contributed by atoms with van der Waals surface area (Å²) in [5.74, 6) is 0.385. The maximum Gasteiger partial charge on any atom is 0.237 e. The van der Waals surface area contributed by atoms with Crippen LogP contribution in [0.3, 0.4) is 0 Å². The van der Waals surface area contributed by atoms with E-state index >= 15 is 0 Å². The SMILES string of the molecule is CCCCCC1CNC(C(=O)NC(C(C)C)C2OC(CCOCC)C(O)C(O)C2O)C1. The molecule has 8 atom stereocenters. The number of hydrogen-bond donors (Lipinski definition) is 5. The van der Waals surface area contributed by atoms with Crippen LogP contribution in [0, 0.1) is 11.8 Å². The standard InChI is InChI=1S/C23H44N2O6/c1-5-7-8-9-15-12-16(24-13-15)23(29)25-18(14(3)4)22-21(28)20(27)19(26)17(31-22)10-11-30-6-2/h14-22,24,26-28H,5-13H2,1-4H3,(H,25,29). The number of rotatable bonds is 12. The number of carbonyl (C=O) groups excluding carboxylic acids is 1. The molecule has 2 fully saturated rings. The molecular weight excluding hydrogens is 400 g/mol. The number of nitrogens with one attached hydrogen (secondary N) is 2. The average molecular weight is 445 g/mol. The largest absolute Gasteiger partial charge is 0.388 e. The lowest BCUT2D eigenvalue weighted by Crippen LogP contribution is -2.65. The van der Waals surface area contributed by atoms with Crippen molar-refractivity contribution in [3.63, 3.8) is 0 Å². The molecule has 2 heterocycles. The lowest BCUT2D eigenvalue weighted by atomic mass is 9.86. The van der Waals surface area contributed by atoms with Crippen LogP contribution in [0.4, 0.5) is 0 Å². The van der Waals surface area contributed by atoms with Gasteiger partial charge in [-0.15, -0.1) is 0 Å². The number of hydrogen-bond acceptors (Lipinski definition) is 7. The second kappa shape index (κ2) is 13.1. The topological polar surface area (TPSA) is 120 Å². The first-order chi connectivity index (χ1) is 14.8. The van der Waals surface area contributed by atoms with Crippen LogP contribution in [0.25, 0.3) is 0 Å². The highest BCUT2D eigenvalue weighted by atomic mass is 16.5. The Morgan fingerprint density at radius 2 is 1.87 bits per heavy atom.